The van der Waals surface area contributed by atoms with E-state index in [-0.39, 0.29) is 11.7 Å². The third kappa shape index (κ3) is 2.20. The third-order valence-corrected chi connectivity index (χ3v) is 5.28. The lowest BCUT2D eigenvalue weighted by Gasteiger charge is -2.23. The van der Waals surface area contributed by atoms with Gasteiger partial charge in [0.15, 0.2) is 5.65 Å². The van der Waals surface area contributed by atoms with Crippen LogP contribution >= 0.6 is 0 Å². The van der Waals surface area contributed by atoms with Crippen molar-refractivity contribution in [2.75, 3.05) is 13.1 Å². The highest BCUT2D eigenvalue weighted by molar-refractivity contribution is 5.82. The van der Waals surface area contributed by atoms with E-state index in [2.05, 4.69) is 10.4 Å². The Labute approximate surface area is 149 Å². The number of imidazole rings is 1. The maximum atomic E-state index is 12.8. The Morgan fingerprint density at radius 3 is 2.96 bits per heavy atom. The van der Waals surface area contributed by atoms with Crippen molar-refractivity contribution in [3.05, 3.63) is 53.2 Å². The summed E-state index contributed by atoms with van der Waals surface area (Å²) in [4.78, 5) is 17.7. The van der Waals surface area contributed by atoms with Crippen LogP contribution in [-0.2, 0) is 7.05 Å². The Morgan fingerprint density at radius 1 is 1.19 bits per heavy atom. The van der Waals surface area contributed by atoms with E-state index in [0.29, 0.717) is 0 Å². The summed E-state index contributed by atoms with van der Waals surface area (Å²) in [5.74, 6) is 0. The van der Waals surface area contributed by atoms with Gasteiger partial charge in [0.2, 0.25) is 0 Å². The Kier molecular flexibility index (Phi) is 3.43. The van der Waals surface area contributed by atoms with Crippen molar-refractivity contribution < 1.29 is 0 Å². The fourth-order valence-electron chi connectivity index (χ4n) is 3.90. The van der Waals surface area contributed by atoms with Gasteiger partial charge in [-0.25, -0.2) is 14.3 Å². The maximum absolute atomic E-state index is 12.8. The Balaban J connectivity index is 1.73. The van der Waals surface area contributed by atoms with Gasteiger partial charge in [0.1, 0.15) is 0 Å². The van der Waals surface area contributed by atoms with Crippen LogP contribution in [0, 0.1) is 0 Å². The minimum absolute atomic E-state index is 0.00165. The number of nitrogens with one attached hydrogen (secondary N) is 1. The molecule has 0 aliphatic carbocycles. The van der Waals surface area contributed by atoms with Gasteiger partial charge in [0, 0.05) is 25.4 Å². The monoisotopic (exact) mass is 348 g/mol. The van der Waals surface area contributed by atoms with E-state index in [9.17, 15) is 4.79 Å². The summed E-state index contributed by atoms with van der Waals surface area (Å²) < 4.78 is 5.39. The molecule has 1 atom stereocenters. The molecule has 0 spiro atoms. The summed E-state index contributed by atoms with van der Waals surface area (Å²) in [5.41, 5.74) is 4.42. The van der Waals surface area contributed by atoms with Crippen LogP contribution in [0.2, 0.25) is 0 Å². The van der Waals surface area contributed by atoms with Crippen molar-refractivity contribution in [2.24, 2.45) is 7.05 Å². The number of hydrogen-bond acceptors (Lipinski definition) is 4. The topological polar surface area (TPSA) is 69.2 Å². The van der Waals surface area contributed by atoms with Crippen molar-refractivity contribution >= 4 is 16.7 Å². The van der Waals surface area contributed by atoms with E-state index in [1.807, 2.05) is 58.9 Å². The molecular weight excluding hydrogens is 328 g/mol. The highest BCUT2D eigenvalue weighted by Gasteiger charge is 2.22. The van der Waals surface area contributed by atoms with Crippen molar-refractivity contribution in [1.29, 1.82) is 0 Å². The molecule has 0 radical (unpaired) electrons. The zero-order valence-electron chi connectivity index (χ0n) is 14.6. The first-order valence-electron chi connectivity index (χ1n) is 8.95. The third-order valence-electron chi connectivity index (χ3n) is 5.28. The number of hydrogen-bond donors (Lipinski definition) is 1. The highest BCUT2D eigenvalue weighted by atomic mass is 16.1. The van der Waals surface area contributed by atoms with Crippen LogP contribution in [0.5, 0.6) is 0 Å². The van der Waals surface area contributed by atoms with Gasteiger partial charge >= 0.3 is 5.69 Å². The van der Waals surface area contributed by atoms with E-state index in [1.54, 1.807) is 4.57 Å². The van der Waals surface area contributed by atoms with Gasteiger partial charge in [-0.2, -0.15) is 5.10 Å². The molecule has 1 aliphatic heterocycles. The first kappa shape index (κ1) is 15.3. The first-order valence-corrected chi connectivity index (χ1v) is 8.95. The molecule has 4 aromatic heterocycles. The van der Waals surface area contributed by atoms with E-state index in [1.165, 1.54) is 0 Å². The van der Waals surface area contributed by atoms with Crippen LogP contribution < -0.4 is 11.0 Å². The van der Waals surface area contributed by atoms with Crippen molar-refractivity contribution in [2.45, 2.75) is 18.9 Å². The SMILES string of the molecule is Cn1c(=O)n([C@@H]2CCCNC2)c2nc(-c3cnn4ccccc34)ccc21. The van der Waals surface area contributed by atoms with E-state index in [4.69, 9.17) is 4.98 Å². The van der Waals surface area contributed by atoms with Crippen LogP contribution in [-0.4, -0.2) is 36.8 Å². The largest absolute Gasteiger partial charge is 0.330 e. The molecule has 7 heteroatoms. The van der Waals surface area contributed by atoms with Crippen molar-refractivity contribution in [1.82, 2.24) is 29.0 Å². The Morgan fingerprint density at radius 2 is 2.12 bits per heavy atom. The zero-order valence-corrected chi connectivity index (χ0v) is 14.6. The van der Waals surface area contributed by atoms with Crippen LogP contribution in [0.3, 0.4) is 0 Å². The molecule has 5 rings (SSSR count). The standard InChI is InChI=1S/C19H20N6O/c1-23-17-8-7-15(14-12-21-24-10-3-2-6-16(14)24)22-18(17)25(19(23)26)13-5-4-9-20-11-13/h2-3,6-8,10,12-13,20H,4-5,9,11H2,1H3/t13-/m1/s1. The normalized spacial score (nSPS) is 18.0. The van der Waals surface area contributed by atoms with Crippen LogP contribution in [0.4, 0.5) is 0 Å². The molecule has 5 heterocycles. The second-order valence-electron chi connectivity index (χ2n) is 6.84. The molecule has 1 saturated heterocycles. The summed E-state index contributed by atoms with van der Waals surface area (Å²) in [5, 5.41) is 7.79. The number of aromatic nitrogens is 5. The van der Waals surface area contributed by atoms with Crippen LogP contribution in [0.1, 0.15) is 18.9 Å². The Hall–Kier alpha value is -2.93. The van der Waals surface area contributed by atoms with E-state index >= 15 is 0 Å². The van der Waals surface area contributed by atoms with Crippen LogP contribution in [0.15, 0.2) is 47.5 Å². The molecule has 0 aromatic carbocycles. The summed E-state index contributed by atoms with van der Waals surface area (Å²) in [6.07, 6.45) is 5.82. The predicted molar refractivity (Wildman–Crippen MR) is 100 cm³/mol. The van der Waals surface area contributed by atoms with Crippen molar-refractivity contribution in [3.8, 4) is 11.3 Å². The van der Waals surface area contributed by atoms with Gasteiger partial charge in [-0.05, 0) is 43.7 Å². The van der Waals surface area contributed by atoms with Gasteiger partial charge in [0.05, 0.1) is 29.0 Å². The molecule has 0 saturated carbocycles. The molecule has 1 aliphatic rings. The minimum atomic E-state index is -0.00165. The van der Waals surface area contributed by atoms with Gasteiger partial charge < -0.3 is 5.32 Å². The molecule has 26 heavy (non-hydrogen) atoms. The number of piperidine rings is 1. The zero-order chi connectivity index (χ0) is 17.7. The number of fused-ring (bicyclic) bond motifs is 2. The second-order valence-corrected chi connectivity index (χ2v) is 6.84. The Bertz CT molecular complexity index is 1160. The molecule has 0 amide bonds. The quantitative estimate of drug-likeness (QED) is 0.601. The average molecular weight is 348 g/mol. The molecule has 7 nitrogen and oxygen atoms in total. The summed E-state index contributed by atoms with van der Waals surface area (Å²) in [6, 6.07) is 10.1. The average Bonchev–Trinajstić information content (AvgIpc) is 3.22. The number of pyridine rings is 2. The van der Waals surface area contributed by atoms with Crippen molar-refractivity contribution in [3.63, 3.8) is 0 Å². The van der Waals surface area contributed by atoms with E-state index in [0.717, 1.165) is 53.9 Å². The molecule has 0 unspecified atom stereocenters. The van der Waals surface area contributed by atoms with E-state index < -0.39 is 0 Å². The van der Waals surface area contributed by atoms with Crippen LogP contribution in [0.25, 0.3) is 27.9 Å². The molecular formula is C19H20N6O. The van der Waals surface area contributed by atoms with Gasteiger partial charge in [-0.15, -0.1) is 0 Å². The molecule has 1 N–H and O–H groups in total. The minimum Gasteiger partial charge on any atom is -0.315 e. The predicted octanol–water partition coefficient (Wildman–Crippen LogP) is 1.97. The molecule has 1 fully saturated rings. The van der Waals surface area contributed by atoms with Gasteiger partial charge in [-0.3, -0.25) is 9.13 Å². The number of rotatable bonds is 2. The van der Waals surface area contributed by atoms with Gasteiger partial charge in [-0.1, -0.05) is 6.07 Å². The molecule has 0 bridgehead atoms. The lowest BCUT2D eigenvalue weighted by Crippen LogP contribution is -2.36. The lowest BCUT2D eigenvalue weighted by molar-refractivity contribution is 0.368. The maximum Gasteiger partial charge on any atom is 0.330 e. The number of aryl methyl sites for hydroxylation is 1. The number of nitrogens with zero attached hydrogens (tertiary/aromatic N) is 5. The van der Waals surface area contributed by atoms with Gasteiger partial charge in [0.25, 0.3) is 0 Å². The summed E-state index contributed by atoms with van der Waals surface area (Å²) in [6.45, 7) is 1.82. The summed E-state index contributed by atoms with van der Waals surface area (Å²) in [7, 11) is 1.81. The first-order chi connectivity index (χ1) is 12.7. The smallest absolute Gasteiger partial charge is 0.315 e. The molecule has 132 valence electrons. The summed E-state index contributed by atoms with van der Waals surface area (Å²) >= 11 is 0. The second kappa shape index (κ2) is 5.81. The fraction of sp³-hybridized carbons (Fsp3) is 0.316. The molecule has 4 aromatic rings. The fourth-order valence-corrected chi connectivity index (χ4v) is 3.90. The lowest BCUT2D eigenvalue weighted by atomic mass is 10.1. The highest BCUT2D eigenvalue weighted by Crippen LogP contribution is 2.26.